The number of aryl methyl sites for hydroxylation is 1. The number of benzene rings is 2. The highest BCUT2D eigenvalue weighted by molar-refractivity contribution is 6.01. The van der Waals surface area contributed by atoms with Crippen molar-refractivity contribution in [3.63, 3.8) is 0 Å². The lowest BCUT2D eigenvalue weighted by atomic mass is 10.1. The predicted octanol–water partition coefficient (Wildman–Crippen LogP) is 3.18. The summed E-state index contributed by atoms with van der Waals surface area (Å²) in [5, 5.41) is 2.70. The fraction of sp³-hybridized carbons (Fsp3) is 0.348. The summed E-state index contributed by atoms with van der Waals surface area (Å²) in [6.45, 7) is 3.77. The maximum Gasteiger partial charge on any atom is 0.312 e. The van der Waals surface area contributed by atoms with Crippen LogP contribution >= 0.6 is 0 Å². The number of carbonyl (C=O) groups is 3. The van der Waals surface area contributed by atoms with E-state index < -0.39 is 23.9 Å². The van der Waals surface area contributed by atoms with Crippen LogP contribution in [0.1, 0.15) is 25.8 Å². The van der Waals surface area contributed by atoms with Crippen LogP contribution in [0.25, 0.3) is 0 Å². The van der Waals surface area contributed by atoms with Gasteiger partial charge in [-0.25, -0.2) is 0 Å². The summed E-state index contributed by atoms with van der Waals surface area (Å²) in [6.07, 6.45) is -0.151. The highest BCUT2D eigenvalue weighted by atomic mass is 16.5. The SMILES string of the molecule is CCc1ccccc1N1C[C@H](C(=O)O[C@H](C)C(=O)Nc2ccccc2OC)CC1=O. The van der Waals surface area contributed by atoms with Crippen molar-refractivity contribution in [2.24, 2.45) is 5.92 Å². The molecule has 1 saturated heterocycles. The van der Waals surface area contributed by atoms with Gasteiger partial charge < -0.3 is 19.7 Å². The number of amides is 2. The molecule has 2 atom stereocenters. The first-order chi connectivity index (χ1) is 14.4. The summed E-state index contributed by atoms with van der Waals surface area (Å²) in [5.74, 6) is -1.24. The van der Waals surface area contributed by atoms with Gasteiger partial charge in [-0.2, -0.15) is 0 Å². The molecule has 0 saturated carbocycles. The second-order valence-electron chi connectivity index (χ2n) is 7.16. The van der Waals surface area contributed by atoms with E-state index in [0.717, 1.165) is 17.7 Å². The molecule has 7 nitrogen and oxygen atoms in total. The highest BCUT2D eigenvalue weighted by Crippen LogP contribution is 2.29. The number of nitrogens with one attached hydrogen (secondary N) is 1. The number of hydrogen-bond donors (Lipinski definition) is 1. The van der Waals surface area contributed by atoms with Crippen LogP contribution in [0.5, 0.6) is 5.75 Å². The van der Waals surface area contributed by atoms with Gasteiger partial charge >= 0.3 is 5.97 Å². The first kappa shape index (κ1) is 21.4. The molecule has 0 aliphatic carbocycles. The molecule has 1 aliphatic rings. The van der Waals surface area contributed by atoms with Gasteiger partial charge in [-0.3, -0.25) is 14.4 Å². The van der Waals surface area contributed by atoms with Gasteiger partial charge in [-0.15, -0.1) is 0 Å². The fourth-order valence-corrected chi connectivity index (χ4v) is 3.48. The normalized spacial score (nSPS) is 16.8. The van der Waals surface area contributed by atoms with Gasteiger partial charge in [0.05, 0.1) is 18.7 Å². The van der Waals surface area contributed by atoms with Crippen LogP contribution in [0.15, 0.2) is 48.5 Å². The van der Waals surface area contributed by atoms with Crippen LogP contribution in [0.3, 0.4) is 0 Å². The molecule has 1 heterocycles. The van der Waals surface area contributed by atoms with E-state index in [-0.39, 0.29) is 18.9 Å². The van der Waals surface area contributed by atoms with Gasteiger partial charge in [0.1, 0.15) is 5.75 Å². The average Bonchev–Trinajstić information content (AvgIpc) is 3.15. The molecule has 2 amide bonds. The van der Waals surface area contributed by atoms with E-state index in [2.05, 4.69) is 5.32 Å². The number of carbonyl (C=O) groups excluding carboxylic acids is 3. The van der Waals surface area contributed by atoms with Gasteiger partial charge in [0.2, 0.25) is 5.91 Å². The Kier molecular flexibility index (Phi) is 6.72. The Morgan fingerprint density at radius 1 is 1.17 bits per heavy atom. The molecule has 1 N–H and O–H groups in total. The zero-order chi connectivity index (χ0) is 21.7. The lowest BCUT2D eigenvalue weighted by Gasteiger charge is -2.20. The highest BCUT2D eigenvalue weighted by Gasteiger charge is 2.37. The van der Waals surface area contributed by atoms with E-state index in [4.69, 9.17) is 9.47 Å². The van der Waals surface area contributed by atoms with E-state index >= 15 is 0 Å². The number of anilines is 2. The largest absolute Gasteiger partial charge is 0.495 e. The summed E-state index contributed by atoms with van der Waals surface area (Å²) >= 11 is 0. The number of methoxy groups -OCH3 is 1. The van der Waals surface area contributed by atoms with Crippen LogP contribution in [-0.2, 0) is 25.5 Å². The Morgan fingerprint density at radius 2 is 1.87 bits per heavy atom. The first-order valence-electron chi connectivity index (χ1n) is 9.97. The summed E-state index contributed by atoms with van der Waals surface area (Å²) in [6, 6.07) is 14.6. The summed E-state index contributed by atoms with van der Waals surface area (Å²) in [7, 11) is 1.51. The zero-order valence-electron chi connectivity index (χ0n) is 17.4. The maximum absolute atomic E-state index is 12.6. The standard InChI is InChI=1S/C23H26N2O5/c1-4-16-9-5-7-11-19(16)25-14-17(13-21(25)26)23(28)30-15(2)22(27)24-18-10-6-8-12-20(18)29-3/h5-12,15,17H,4,13-14H2,1-3H3,(H,24,27)/t15-,17-/m1/s1. The van der Waals surface area contributed by atoms with Crippen LogP contribution in [0.4, 0.5) is 11.4 Å². The zero-order valence-corrected chi connectivity index (χ0v) is 17.4. The Labute approximate surface area is 176 Å². The number of esters is 1. The molecule has 0 bridgehead atoms. The van der Waals surface area contributed by atoms with Crippen molar-refractivity contribution in [3.05, 3.63) is 54.1 Å². The van der Waals surface area contributed by atoms with E-state index in [0.29, 0.717) is 11.4 Å². The third-order valence-corrected chi connectivity index (χ3v) is 5.15. The van der Waals surface area contributed by atoms with E-state index in [9.17, 15) is 14.4 Å². The summed E-state index contributed by atoms with van der Waals surface area (Å²) < 4.78 is 10.6. The van der Waals surface area contributed by atoms with Crippen molar-refractivity contribution >= 4 is 29.2 Å². The minimum absolute atomic E-state index is 0.0672. The van der Waals surface area contributed by atoms with Crippen molar-refractivity contribution < 1.29 is 23.9 Å². The van der Waals surface area contributed by atoms with Crippen LogP contribution in [-0.4, -0.2) is 37.5 Å². The van der Waals surface area contributed by atoms with E-state index in [1.54, 1.807) is 29.2 Å². The van der Waals surface area contributed by atoms with Crippen LogP contribution in [0, 0.1) is 5.92 Å². The predicted molar refractivity (Wildman–Crippen MR) is 113 cm³/mol. The summed E-state index contributed by atoms with van der Waals surface area (Å²) in [5.41, 5.74) is 2.36. The minimum atomic E-state index is -1.01. The Hall–Kier alpha value is -3.35. The fourth-order valence-electron chi connectivity index (χ4n) is 3.48. The average molecular weight is 410 g/mol. The number of hydrogen-bond acceptors (Lipinski definition) is 5. The molecule has 30 heavy (non-hydrogen) atoms. The third kappa shape index (κ3) is 4.62. The van der Waals surface area contributed by atoms with Gasteiger partial charge in [0.25, 0.3) is 5.91 Å². The number of ether oxygens (including phenoxy) is 2. The quantitative estimate of drug-likeness (QED) is 0.709. The molecule has 158 valence electrons. The molecule has 1 fully saturated rings. The second-order valence-corrected chi connectivity index (χ2v) is 7.16. The first-order valence-corrected chi connectivity index (χ1v) is 9.97. The van der Waals surface area contributed by atoms with Gasteiger partial charge in [0, 0.05) is 18.7 Å². The maximum atomic E-state index is 12.6. The monoisotopic (exact) mass is 410 g/mol. The number of nitrogens with zero attached hydrogens (tertiary/aromatic N) is 1. The molecule has 0 radical (unpaired) electrons. The topological polar surface area (TPSA) is 84.9 Å². The van der Waals surface area contributed by atoms with Crippen molar-refractivity contribution in [2.45, 2.75) is 32.8 Å². The Bertz CT molecular complexity index is 943. The lowest BCUT2D eigenvalue weighted by Crippen LogP contribution is -2.33. The smallest absolute Gasteiger partial charge is 0.312 e. The molecule has 0 aromatic heterocycles. The summed E-state index contributed by atoms with van der Waals surface area (Å²) in [4.78, 5) is 39.2. The molecular formula is C23H26N2O5. The minimum Gasteiger partial charge on any atom is -0.495 e. The van der Waals surface area contributed by atoms with Crippen molar-refractivity contribution in [2.75, 3.05) is 23.9 Å². The van der Waals surface area contributed by atoms with Crippen molar-refractivity contribution in [1.29, 1.82) is 0 Å². The molecule has 7 heteroatoms. The molecule has 3 rings (SSSR count). The third-order valence-electron chi connectivity index (χ3n) is 5.15. The van der Waals surface area contributed by atoms with E-state index in [1.165, 1.54) is 14.0 Å². The van der Waals surface area contributed by atoms with E-state index in [1.807, 2.05) is 31.2 Å². The molecule has 0 spiro atoms. The van der Waals surface area contributed by atoms with Gasteiger partial charge in [-0.1, -0.05) is 37.3 Å². The van der Waals surface area contributed by atoms with Crippen LogP contribution in [0.2, 0.25) is 0 Å². The molecule has 2 aromatic rings. The van der Waals surface area contributed by atoms with Gasteiger partial charge in [0.15, 0.2) is 6.10 Å². The van der Waals surface area contributed by atoms with Crippen molar-refractivity contribution in [1.82, 2.24) is 0 Å². The second kappa shape index (κ2) is 9.43. The molecular weight excluding hydrogens is 384 g/mol. The molecule has 0 unspecified atom stereocenters. The number of para-hydroxylation sites is 3. The lowest BCUT2D eigenvalue weighted by molar-refractivity contribution is -0.157. The molecule has 2 aromatic carbocycles. The Morgan fingerprint density at radius 3 is 2.60 bits per heavy atom. The van der Waals surface area contributed by atoms with Crippen LogP contribution < -0.4 is 15.0 Å². The van der Waals surface area contributed by atoms with Crippen molar-refractivity contribution in [3.8, 4) is 5.75 Å². The Balaban J connectivity index is 1.62. The molecule has 1 aliphatic heterocycles. The van der Waals surface area contributed by atoms with Gasteiger partial charge in [-0.05, 0) is 37.1 Å². The number of rotatable bonds is 7.